The second-order valence-electron chi connectivity index (χ2n) is 6.07. The van der Waals surface area contributed by atoms with Gasteiger partial charge in [-0.1, -0.05) is 12.1 Å². The van der Waals surface area contributed by atoms with E-state index in [2.05, 4.69) is 15.3 Å². The number of fused-ring (bicyclic) bond motifs is 1. The predicted octanol–water partition coefficient (Wildman–Crippen LogP) is 3.74. The average Bonchev–Trinajstić information content (AvgIpc) is 3.08. The second kappa shape index (κ2) is 6.33. The summed E-state index contributed by atoms with van der Waals surface area (Å²) in [6, 6.07) is 5.24. The summed E-state index contributed by atoms with van der Waals surface area (Å²) in [5.41, 5.74) is 3.99. The van der Waals surface area contributed by atoms with Gasteiger partial charge in [0.2, 0.25) is 0 Å². The van der Waals surface area contributed by atoms with Gasteiger partial charge in [0.05, 0.1) is 22.8 Å². The molecule has 1 amide bonds. The Morgan fingerprint density at radius 1 is 1.28 bits per heavy atom. The standard InChI is InChI=1S/C18H19N3O3S/c1-8-9(2)19-14-12(8)6-5-7-13(14)16(22)20-11(4)17-21-10(3)15(25-17)18(23)24/h5-7,11,19H,1-4H3,(H,20,22)(H,23,24). The predicted molar refractivity (Wildman–Crippen MR) is 97.5 cm³/mol. The highest BCUT2D eigenvalue weighted by atomic mass is 32.1. The maximum absolute atomic E-state index is 12.7. The minimum absolute atomic E-state index is 0.203. The summed E-state index contributed by atoms with van der Waals surface area (Å²) in [6.07, 6.45) is 0. The van der Waals surface area contributed by atoms with Crippen LogP contribution in [-0.2, 0) is 0 Å². The highest BCUT2D eigenvalue weighted by molar-refractivity contribution is 7.13. The summed E-state index contributed by atoms with van der Waals surface area (Å²) in [5, 5.41) is 13.7. The van der Waals surface area contributed by atoms with Crippen molar-refractivity contribution < 1.29 is 14.7 Å². The average molecular weight is 357 g/mol. The van der Waals surface area contributed by atoms with Crippen molar-refractivity contribution in [2.45, 2.75) is 33.7 Å². The monoisotopic (exact) mass is 357 g/mol. The number of carbonyl (C=O) groups excluding carboxylic acids is 1. The molecule has 0 aliphatic carbocycles. The van der Waals surface area contributed by atoms with Crippen LogP contribution in [0.5, 0.6) is 0 Å². The van der Waals surface area contributed by atoms with Gasteiger partial charge in [-0.2, -0.15) is 0 Å². The van der Waals surface area contributed by atoms with E-state index in [0.717, 1.165) is 33.5 Å². The summed E-state index contributed by atoms with van der Waals surface area (Å²) < 4.78 is 0. The number of nitrogens with one attached hydrogen (secondary N) is 2. The molecule has 2 heterocycles. The van der Waals surface area contributed by atoms with E-state index in [4.69, 9.17) is 5.11 Å². The molecule has 1 unspecified atom stereocenters. The van der Waals surface area contributed by atoms with E-state index in [1.54, 1.807) is 19.9 Å². The van der Waals surface area contributed by atoms with Gasteiger partial charge in [0, 0.05) is 11.1 Å². The van der Waals surface area contributed by atoms with Crippen LogP contribution in [0, 0.1) is 20.8 Å². The number of benzene rings is 1. The third-order valence-corrected chi connectivity index (χ3v) is 5.64. The van der Waals surface area contributed by atoms with Crippen LogP contribution in [0.2, 0.25) is 0 Å². The van der Waals surface area contributed by atoms with Crippen molar-refractivity contribution >= 4 is 34.1 Å². The lowest BCUT2D eigenvalue weighted by atomic mass is 10.1. The minimum Gasteiger partial charge on any atom is -0.477 e. The molecule has 3 rings (SSSR count). The molecule has 2 aromatic heterocycles. The molecule has 0 aliphatic rings. The number of amides is 1. The van der Waals surface area contributed by atoms with Crippen molar-refractivity contribution in [3.63, 3.8) is 0 Å². The zero-order valence-corrected chi connectivity index (χ0v) is 15.2. The van der Waals surface area contributed by atoms with Crippen LogP contribution in [0.4, 0.5) is 0 Å². The van der Waals surface area contributed by atoms with Gasteiger partial charge in [0.25, 0.3) is 5.91 Å². The molecular weight excluding hydrogens is 338 g/mol. The van der Waals surface area contributed by atoms with Crippen LogP contribution in [0.15, 0.2) is 18.2 Å². The maximum Gasteiger partial charge on any atom is 0.347 e. The van der Waals surface area contributed by atoms with E-state index in [0.29, 0.717) is 16.3 Å². The maximum atomic E-state index is 12.7. The molecule has 25 heavy (non-hydrogen) atoms. The molecule has 7 heteroatoms. The molecule has 0 saturated heterocycles. The molecular formula is C18H19N3O3S. The van der Waals surface area contributed by atoms with E-state index >= 15 is 0 Å². The normalized spacial score (nSPS) is 12.3. The highest BCUT2D eigenvalue weighted by Gasteiger charge is 2.21. The van der Waals surface area contributed by atoms with E-state index < -0.39 is 5.97 Å². The number of aromatic amines is 1. The van der Waals surface area contributed by atoms with Crippen LogP contribution < -0.4 is 5.32 Å². The zero-order valence-electron chi connectivity index (χ0n) is 14.4. The van der Waals surface area contributed by atoms with Gasteiger partial charge >= 0.3 is 5.97 Å². The van der Waals surface area contributed by atoms with E-state index in [9.17, 15) is 9.59 Å². The highest BCUT2D eigenvalue weighted by Crippen LogP contribution is 2.26. The summed E-state index contributed by atoms with van der Waals surface area (Å²) in [7, 11) is 0. The molecule has 0 spiro atoms. The number of aryl methyl sites for hydroxylation is 3. The quantitative estimate of drug-likeness (QED) is 0.663. The Morgan fingerprint density at radius 3 is 2.64 bits per heavy atom. The number of carbonyl (C=O) groups is 2. The number of hydrogen-bond donors (Lipinski definition) is 3. The fraction of sp³-hybridized carbons (Fsp3) is 0.278. The molecule has 1 aromatic carbocycles. The molecule has 0 radical (unpaired) electrons. The topological polar surface area (TPSA) is 95.1 Å². The fourth-order valence-corrected chi connectivity index (χ4v) is 3.72. The minimum atomic E-state index is -0.998. The first-order valence-corrected chi connectivity index (χ1v) is 8.70. The van der Waals surface area contributed by atoms with Crippen LogP contribution in [0.3, 0.4) is 0 Å². The number of rotatable bonds is 4. The Hall–Kier alpha value is -2.67. The second-order valence-corrected chi connectivity index (χ2v) is 7.10. The first kappa shape index (κ1) is 17.2. The summed E-state index contributed by atoms with van der Waals surface area (Å²) >= 11 is 1.09. The first-order chi connectivity index (χ1) is 11.8. The molecule has 1 atom stereocenters. The summed E-state index contributed by atoms with van der Waals surface area (Å²) in [6.45, 7) is 7.45. The number of para-hydroxylation sites is 1. The van der Waals surface area contributed by atoms with Crippen molar-refractivity contribution in [3.8, 4) is 0 Å². The molecule has 0 saturated carbocycles. The number of aromatic nitrogens is 2. The van der Waals surface area contributed by atoms with Crippen molar-refractivity contribution in [2.75, 3.05) is 0 Å². The van der Waals surface area contributed by atoms with E-state index in [-0.39, 0.29) is 16.8 Å². The summed E-state index contributed by atoms with van der Waals surface area (Å²) in [4.78, 5) is 31.6. The van der Waals surface area contributed by atoms with E-state index in [1.807, 2.05) is 26.0 Å². The Balaban J connectivity index is 1.89. The third-order valence-electron chi connectivity index (χ3n) is 4.31. The van der Waals surface area contributed by atoms with Crippen molar-refractivity contribution in [1.29, 1.82) is 0 Å². The van der Waals surface area contributed by atoms with Gasteiger partial charge in [-0.3, -0.25) is 4.79 Å². The smallest absolute Gasteiger partial charge is 0.347 e. The molecule has 130 valence electrons. The van der Waals surface area contributed by atoms with Gasteiger partial charge in [-0.15, -0.1) is 11.3 Å². The Morgan fingerprint density at radius 2 is 2.00 bits per heavy atom. The summed E-state index contributed by atoms with van der Waals surface area (Å²) in [5.74, 6) is -1.22. The first-order valence-electron chi connectivity index (χ1n) is 7.89. The number of nitrogens with zero attached hydrogens (tertiary/aromatic N) is 1. The fourth-order valence-electron chi connectivity index (χ4n) is 2.81. The molecule has 0 aliphatic heterocycles. The van der Waals surface area contributed by atoms with E-state index in [1.165, 1.54) is 0 Å². The van der Waals surface area contributed by atoms with Crippen LogP contribution in [0.1, 0.15) is 55.0 Å². The third kappa shape index (κ3) is 3.02. The lowest BCUT2D eigenvalue weighted by Gasteiger charge is -2.12. The number of H-pyrrole nitrogens is 1. The molecule has 0 fully saturated rings. The van der Waals surface area contributed by atoms with Gasteiger partial charge in [0.15, 0.2) is 0 Å². The Kier molecular flexibility index (Phi) is 4.34. The largest absolute Gasteiger partial charge is 0.477 e. The van der Waals surface area contributed by atoms with Gasteiger partial charge in [0.1, 0.15) is 9.88 Å². The number of thiazole rings is 1. The van der Waals surface area contributed by atoms with Crippen molar-refractivity contribution in [2.24, 2.45) is 0 Å². The molecule has 6 nitrogen and oxygen atoms in total. The Bertz CT molecular complexity index is 987. The number of carboxylic acid groups (broad SMARTS) is 1. The number of hydrogen-bond acceptors (Lipinski definition) is 4. The molecule has 0 bridgehead atoms. The SMILES string of the molecule is Cc1nc(C(C)NC(=O)c2cccc3c(C)c(C)[nH]c23)sc1C(=O)O. The van der Waals surface area contributed by atoms with Gasteiger partial charge in [-0.05, 0) is 39.3 Å². The van der Waals surface area contributed by atoms with Crippen molar-refractivity contribution in [3.05, 3.63) is 50.6 Å². The molecule has 3 aromatic rings. The Labute approximate surface area is 148 Å². The molecule has 3 N–H and O–H groups in total. The van der Waals surface area contributed by atoms with Crippen LogP contribution in [0.25, 0.3) is 10.9 Å². The zero-order chi connectivity index (χ0) is 18.3. The van der Waals surface area contributed by atoms with Gasteiger partial charge in [-0.25, -0.2) is 9.78 Å². The lowest BCUT2D eigenvalue weighted by Crippen LogP contribution is -2.26. The number of aromatic carboxylic acids is 1. The van der Waals surface area contributed by atoms with Crippen LogP contribution >= 0.6 is 11.3 Å². The van der Waals surface area contributed by atoms with Gasteiger partial charge < -0.3 is 15.4 Å². The van der Waals surface area contributed by atoms with Crippen molar-refractivity contribution in [1.82, 2.24) is 15.3 Å². The number of carboxylic acids is 1. The van der Waals surface area contributed by atoms with Crippen LogP contribution in [-0.4, -0.2) is 27.0 Å². The lowest BCUT2D eigenvalue weighted by molar-refractivity contribution is 0.0701.